The van der Waals surface area contributed by atoms with Gasteiger partial charge in [-0.05, 0) is 76.4 Å². The minimum absolute atomic E-state index is 0.209. The van der Waals surface area contributed by atoms with E-state index in [9.17, 15) is 0 Å². The first kappa shape index (κ1) is 46.9. The summed E-state index contributed by atoms with van der Waals surface area (Å²) in [6.45, 7) is 6.29. The van der Waals surface area contributed by atoms with Crippen LogP contribution in [0.2, 0.25) is 0 Å². The van der Waals surface area contributed by atoms with Crippen LogP contribution < -0.4 is 0 Å². The molecule has 7 heteroatoms. The van der Waals surface area contributed by atoms with Gasteiger partial charge in [0.25, 0.3) is 0 Å². The maximum absolute atomic E-state index is 6.12. The predicted molar refractivity (Wildman–Crippen MR) is 210 cm³/mol. The lowest BCUT2D eigenvalue weighted by Gasteiger charge is -2.17. The first-order valence-corrected chi connectivity index (χ1v) is 22.0. The Morgan fingerprint density at radius 3 is 1.21 bits per heavy atom. The third-order valence-corrected chi connectivity index (χ3v) is 9.63. The Labute approximate surface area is 309 Å². The molecule has 0 amide bonds. The molecule has 0 radical (unpaired) electrons. The van der Waals surface area contributed by atoms with Gasteiger partial charge in [-0.15, -0.1) is 0 Å². The number of unbranched alkanes of at least 4 members (excludes halogenated alkanes) is 18. The normalized spacial score (nSPS) is 13.2. The van der Waals surface area contributed by atoms with Crippen molar-refractivity contribution in [1.29, 1.82) is 0 Å². The van der Waals surface area contributed by atoms with Crippen LogP contribution in [0.4, 0.5) is 0 Å². The summed E-state index contributed by atoms with van der Waals surface area (Å²) in [5, 5.41) is 2.26. The van der Waals surface area contributed by atoms with Gasteiger partial charge in [-0.25, -0.2) is 0 Å². The van der Waals surface area contributed by atoms with E-state index in [0.717, 1.165) is 49.2 Å². The number of ether oxygens (including phenoxy) is 5. The number of halogens is 2. The van der Waals surface area contributed by atoms with E-state index < -0.39 is 0 Å². The Kier molecular flexibility index (Phi) is 42.0. The van der Waals surface area contributed by atoms with Crippen molar-refractivity contribution in [3.05, 3.63) is 24.7 Å². The zero-order valence-electron chi connectivity index (χ0n) is 30.9. The van der Waals surface area contributed by atoms with Gasteiger partial charge in [0.15, 0.2) is 0 Å². The molecular formula is C40H76Br2O5. The highest BCUT2D eigenvalue weighted by Gasteiger charge is 2.10. The molecular weight excluding hydrogens is 720 g/mol. The van der Waals surface area contributed by atoms with Crippen LogP contribution in [-0.2, 0) is 23.7 Å². The van der Waals surface area contributed by atoms with E-state index >= 15 is 0 Å². The third-order valence-electron chi connectivity index (χ3n) is 8.50. The fraction of sp³-hybridized carbons (Fsp3) is 0.900. The molecule has 2 atom stereocenters. The lowest BCUT2D eigenvalue weighted by molar-refractivity contribution is -0.136. The number of hydrogen-bond acceptors (Lipinski definition) is 5. The second-order valence-corrected chi connectivity index (χ2v) is 14.6. The van der Waals surface area contributed by atoms with Crippen molar-refractivity contribution < 1.29 is 23.7 Å². The summed E-state index contributed by atoms with van der Waals surface area (Å²) >= 11 is 7.02. The van der Waals surface area contributed by atoms with Crippen LogP contribution in [0, 0.1) is 0 Å². The van der Waals surface area contributed by atoms with Crippen molar-refractivity contribution in [2.75, 3.05) is 37.5 Å². The standard InChI is InChI=1S/C40H76Br2O5/c1-3-5-7-21-27-39(46-33-25-19-15-11-9-13-17-23-31-41)29-35-43-37-45-38-44-36-30-40(28-22-8-6-4-2)47-34-26-20-16-12-10-14-18-24-32-42/h25-26,33-34,39-40H,3-24,27-32,35-38H2,1-2H3. The van der Waals surface area contributed by atoms with E-state index in [2.05, 4.69) is 57.9 Å². The van der Waals surface area contributed by atoms with Gasteiger partial charge >= 0.3 is 0 Å². The number of rotatable bonds is 40. The lowest BCUT2D eigenvalue weighted by atomic mass is 10.1. The molecule has 0 aromatic rings. The monoisotopic (exact) mass is 794 g/mol. The molecule has 47 heavy (non-hydrogen) atoms. The van der Waals surface area contributed by atoms with Crippen LogP contribution >= 0.6 is 31.9 Å². The molecule has 0 spiro atoms. The van der Waals surface area contributed by atoms with Crippen molar-refractivity contribution in [2.24, 2.45) is 0 Å². The summed E-state index contributed by atoms with van der Waals surface area (Å²) < 4.78 is 29.4. The van der Waals surface area contributed by atoms with E-state index in [1.165, 1.54) is 128 Å². The summed E-state index contributed by atoms with van der Waals surface area (Å²) in [4.78, 5) is 0. The summed E-state index contributed by atoms with van der Waals surface area (Å²) in [6.07, 6.45) is 40.7. The van der Waals surface area contributed by atoms with Crippen molar-refractivity contribution in [3.8, 4) is 0 Å². The van der Waals surface area contributed by atoms with Crippen molar-refractivity contribution in [2.45, 2.75) is 193 Å². The molecule has 0 aliphatic rings. The minimum atomic E-state index is 0.209. The second kappa shape index (κ2) is 42.1. The number of alkyl halides is 2. The SMILES string of the molecule is CCCCCCC(CCOCOCOCCC(CCCCCC)OC=CCCCCCCCCBr)OC=CCCCCCCCCBr. The van der Waals surface area contributed by atoms with Crippen molar-refractivity contribution in [1.82, 2.24) is 0 Å². The Hall–Kier alpha value is -0.0800. The molecule has 0 rings (SSSR count). The minimum Gasteiger partial charge on any atom is -0.498 e. The highest BCUT2D eigenvalue weighted by Crippen LogP contribution is 2.15. The Balaban J connectivity index is 4.11. The maximum Gasteiger partial charge on any atom is 0.149 e. The molecule has 5 nitrogen and oxygen atoms in total. The molecule has 0 bridgehead atoms. The Morgan fingerprint density at radius 2 is 0.809 bits per heavy atom. The zero-order valence-corrected chi connectivity index (χ0v) is 34.1. The van der Waals surface area contributed by atoms with Crippen LogP contribution in [0.25, 0.3) is 0 Å². The highest BCUT2D eigenvalue weighted by atomic mass is 79.9. The third kappa shape index (κ3) is 38.6. The molecule has 0 aromatic carbocycles. The summed E-state index contributed by atoms with van der Waals surface area (Å²) in [7, 11) is 0. The first-order valence-electron chi connectivity index (χ1n) is 19.7. The maximum atomic E-state index is 6.12. The van der Waals surface area contributed by atoms with Gasteiger partial charge < -0.3 is 23.7 Å². The molecule has 0 saturated carbocycles. The molecule has 0 fully saturated rings. The van der Waals surface area contributed by atoms with E-state index in [1.54, 1.807) is 0 Å². The molecule has 0 aromatic heterocycles. The second-order valence-electron chi connectivity index (χ2n) is 13.0. The van der Waals surface area contributed by atoms with Crippen LogP contribution in [0.3, 0.4) is 0 Å². The molecule has 0 aliphatic carbocycles. The first-order chi connectivity index (χ1) is 23.3. The number of allylic oxidation sites excluding steroid dienone is 2. The molecule has 0 heterocycles. The topological polar surface area (TPSA) is 46.2 Å². The Morgan fingerprint density at radius 1 is 0.426 bits per heavy atom. The van der Waals surface area contributed by atoms with Crippen LogP contribution in [0.1, 0.15) is 181 Å². The molecule has 280 valence electrons. The van der Waals surface area contributed by atoms with E-state index in [0.29, 0.717) is 13.2 Å². The highest BCUT2D eigenvalue weighted by molar-refractivity contribution is 9.09. The van der Waals surface area contributed by atoms with Crippen molar-refractivity contribution in [3.63, 3.8) is 0 Å². The molecule has 0 N–H and O–H groups in total. The fourth-order valence-corrected chi connectivity index (χ4v) is 6.25. The van der Waals surface area contributed by atoms with Gasteiger partial charge in [0.1, 0.15) is 13.6 Å². The van der Waals surface area contributed by atoms with Crippen LogP contribution in [0.15, 0.2) is 24.7 Å². The largest absolute Gasteiger partial charge is 0.498 e. The van der Waals surface area contributed by atoms with E-state index in [1.807, 2.05) is 12.5 Å². The van der Waals surface area contributed by atoms with E-state index in [-0.39, 0.29) is 25.8 Å². The predicted octanol–water partition coefficient (Wildman–Crippen LogP) is 13.7. The fourth-order valence-electron chi connectivity index (χ4n) is 5.45. The average Bonchev–Trinajstić information content (AvgIpc) is 3.08. The molecule has 2 unspecified atom stereocenters. The van der Waals surface area contributed by atoms with Gasteiger partial charge in [-0.1, -0.05) is 136 Å². The van der Waals surface area contributed by atoms with Crippen molar-refractivity contribution >= 4 is 31.9 Å². The van der Waals surface area contributed by atoms with Gasteiger partial charge in [0.05, 0.1) is 37.9 Å². The Bertz CT molecular complexity index is 582. The average molecular weight is 797 g/mol. The summed E-state index contributed by atoms with van der Waals surface area (Å²) in [6, 6.07) is 0. The van der Waals surface area contributed by atoms with Gasteiger partial charge in [-0.2, -0.15) is 0 Å². The summed E-state index contributed by atoms with van der Waals surface area (Å²) in [5.41, 5.74) is 0. The van der Waals surface area contributed by atoms with Crippen LogP contribution in [-0.4, -0.2) is 49.7 Å². The lowest BCUT2D eigenvalue weighted by Crippen LogP contribution is -2.16. The summed E-state index contributed by atoms with van der Waals surface area (Å²) in [5.74, 6) is 0. The van der Waals surface area contributed by atoms with Gasteiger partial charge in [0, 0.05) is 23.5 Å². The molecule has 0 aliphatic heterocycles. The smallest absolute Gasteiger partial charge is 0.149 e. The van der Waals surface area contributed by atoms with E-state index in [4.69, 9.17) is 23.7 Å². The van der Waals surface area contributed by atoms with Crippen LogP contribution in [0.5, 0.6) is 0 Å². The van der Waals surface area contributed by atoms with Gasteiger partial charge in [0.2, 0.25) is 0 Å². The zero-order chi connectivity index (χ0) is 34.1. The number of hydrogen-bond donors (Lipinski definition) is 0. The molecule has 0 saturated heterocycles. The quantitative estimate of drug-likeness (QED) is 0.0267. The van der Waals surface area contributed by atoms with Gasteiger partial charge in [-0.3, -0.25) is 0 Å².